The van der Waals surface area contributed by atoms with Gasteiger partial charge in [-0.15, -0.1) is 0 Å². The zero-order chi connectivity index (χ0) is 15.5. The van der Waals surface area contributed by atoms with Crippen LogP contribution in [-0.4, -0.2) is 22.2 Å². The quantitative estimate of drug-likeness (QED) is 0.711. The predicted octanol–water partition coefficient (Wildman–Crippen LogP) is 4.34. The van der Waals surface area contributed by atoms with Crippen molar-refractivity contribution in [1.82, 2.24) is 4.98 Å². The summed E-state index contributed by atoms with van der Waals surface area (Å²) in [6.45, 7) is 2.04. The Bertz CT molecular complexity index is 806. The number of aromatic nitrogens is 1. The number of rotatable bonds is 6. The zero-order valence-corrected chi connectivity index (χ0v) is 12.5. The molecule has 1 aromatic heterocycles. The second kappa shape index (κ2) is 6.10. The number of unbranched alkanes of at least 4 members (excludes halogenated alkanes) is 1. The summed E-state index contributed by atoms with van der Waals surface area (Å²) in [6, 6.07) is 13.8. The standard InChI is InChI=1S/C18H19NO3/c1-2-3-8-17(18(20)21)22-12-9-10-14-13-6-4-5-7-15(13)19-16(14)11-12/h4-7,9-11,17,19H,2-3,8H2,1H3,(H,20,21). The topological polar surface area (TPSA) is 62.3 Å². The lowest BCUT2D eigenvalue weighted by Gasteiger charge is -2.14. The second-order valence-corrected chi connectivity index (χ2v) is 5.46. The van der Waals surface area contributed by atoms with E-state index in [0.29, 0.717) is 12.2 Å². The van der Waals surface area contributed by atoms with Gasteiger partial charge in [-0.25, -0.2) is 4.79 Å². The number of H-pyrrole nitrogens is 1. The van der Waals surface area contributed by atoms with Gasteiger partial charge in [0.25, 0.3) is 0 Å². The summed E-state index contributed by atoms with van der Waals surface area (Å²) in [4.78, 5) is 14.6. The van der Waals surface area contributed by atoms with Crippen molar-refractivity contribution in [2.24, 2.45) is 0 Å². The molecule has 0 saturated carbocycles. The molecular weight excluding hydrogens is 278 g/mol. The van der Waals surface area contributed by atoms with Crippen LogP contribution in [0.25, 0.3) is 21.8 Å². The number of hydrogen-bond acceptors (Lipinski definition) is 2. The zero-order valence-electron chi connectivity index (χ0n) is 12.5. The predicted molar refractivity (Wildman–Crippen MR) is 87.4 cm³/mol. The van der Waals surface area contributed by atoms with Crippen molar-refractivity contribution in [3.8, 4) is 5.75 Å². The number of nitrogens with one attached hydrogen (secondary N) is 1. The van der Waals surface area contributed by atoms with Crippen LogP contribution in [0.15, 0.2) is 42.5 Å². The fourth-order valence-electron chi connectivity index (χ4n) is 2.69. The minimum absolute atomic E-state index is 0.524. The van der Waals surface area contributed by atoms with Gasteiger partial charge in [-0.1, -0.05) is 31.5 Å². The van der Waals surface area contributed by atoms with E-state index in [1.54, 1.807) is 0 Å². The molecule has 3 aromatic rings. The van der Waals surface area contributed by atoms with Gasteiger partial charge in [-0.2, -0.15) is 0 Å². The van der Waals surface area contributed by atoms with E-state index in [9.17, 15) is 9.90 Å². The van der Waals surface area contributed by atoms with Crippen molar-refractivity contribution in [2.45, 2.75) is 32.3 Å². The lowest BCUT2D eigenvalue weighted by atomic mass is 10.1. The molecule has 3 rings (SSSR count). The molecule has 0 aliphatic rings. The van der Waals surface area contributed by atoms with Crippen molar-refractivity contribution in [2.75, 3.05) is 0 Å². The minimum atomic E-state index is -0.912. The van der Waals surface area contributed by atoms with Crippen molar-refractivity contribution < 1.29 is 14.6 Å². The van der Waals surface area contributed by atoms with Gasteiger partial charge in [0, 0.05) is 22.4 Å². The van der Waals surface area contributed by atoms with Gasteiger partial charge in [0.2, 0.25) is 0 Å². The molecule has 0 bridgehead atoms. The number of hydrogen-bond donors (Lipinski definition) is 2. The Kier molecular flexibility index (Phi) is 4.00. The molecule has 0 aliphatic heterocycles. The fourth-order valence-corrected chi connectivity index (χ4v) is 2.69. The van der Waals surface area contributed by atoms with Gasteiger partial charge in [0.15, 0.2) is 6.10 Å². The van der Waals surface area contributed by atoms with Crippen LogP contribution in [0.4, 0.5) is 0 Å². The molecule has 0 aliphatic carbocycles. The number of aromatic amines is 1. The van der Waals surface area contributed by atoms with E-state index in [4.69, 9.17) is 4.74 Å². The SMILES string of the molecule is CCCCC(Oc1ccc2c(c1)[nH]c1ccccc12)C(=O)O. The molecule has 0 amide bonds. The monoisotopic (exact) mass is 297 g/mol. The summed E-state index contributed by atoms with van der Waals surface area (Å²) < 4.78 is 5.66. The van der Waals surface area contributed by atoms with E-state index >= 15 is 0 Å². The Morgan fingerprint density at radius 3 is 2.73 bits per heavy atom. The highest BCUT2D eigenvalue weighted by Gasteiger charge is 2.19. The largest absolute Gasteiger partial charge is 0.479 e. The van der Waals surface area contributed by atoms with E-state index in [0.717, 1.165) is 34.6 Å². The third kappa shape index (κ3) is 2.77. The molecule has 1 unspecified atom stereocenters. The Labute approximate surface area is 128 Å². The molecule has 0 fully saturated rings. The van der Waals surface area contributed by atoms with Crippen LogP contribution in [0.2, 0.25) is 0 Å². The lowest BCUT2D eigenvalue weighted by Crippen LogP contribution is -2.26. The average molecular weight is 297 g/mol. The third-order valence-corrected chi connectivity index (χ3v) is 3.85. The second-order valence-electron chi connectivity index (χ2n) is 5.46. The van der Waals surface area contributed by atoms with Gasteiger partial charge in [-0.3, -0.25) is 0 Å². The molecule has 4 nitrogen and oxygen atoms in total. The first kappa shape index (κ1) is 14.4. The molecule has 0 radical (unpaired) electrons. The summed E-state index contributed by atoms with van der Waals surface area (Å²) in [6.07, 6.45) is 1.53. The van der Waals surface area contributed by atoms with Crippen LogP contribution in [0.5, 0.6) is 5.75 Å². The van der Waals surface area contributed by atoms with Crippen molar-refractivity contribution in [3.63, 3.8) is 0 Å². The van der Waals surface area contributed by atoms with Gasteiger partial charge in [0.1, 0.15) is 5.75 Å². The molecule has 2 N–H and O–H groups in total. The smallest absolute Gasteiger partial charge is 0.344 e. The number of benzene rings is 2. The maximum Gasteiger partial charge on any atom is 0.344 e. The van der Waals surface area contributed by atoms with E-state index in [1.807, 2.05) is 43.3 Å². The van der Waals surface area contributed by atoms with E-state index in [2.05, 4.69) is 11.1 Å². The number of carboxylic acid groups (broad SMARTS) is 1. The molecule has 114 valence electrons. The van der Waals surface area contributed by atoms with Gasteiger partial charge >= 0.3 is 5.97 Å². The maximum atomic E-state index is 11.3. The Balaban J connectivity index is 1.91. The first-order valence-corrected chi connectivity index (χ1v) is 7.59. The summed E-state index contributed by atoms with van der Waals surface area (Å²) >= 11 is 0. The van der Waals surface area contributed by atoms with Crippen molar-refractivity contribution >= 4 is 27.8 Å². The highest BCUT2D eigenvalue weighted by molar-refractivity contribution is 6.07. The number of aliphatic carboxylic acids is 1. The molecule has 1 atom stereocenters. The molecule has 1 heterocycles. The van der Waals surface area contributed by atoms with Crippen LogP contribution in [-0.2, 0) is 4.79 Å². The van der Waals surface area contributed by atoms with Crippen LogP contribution in [0, 0.1) is 0 Å². The Morgan fingerprint density at radius 2 is 1.95 bits per heavy atom. The van der Waals surface area contributed by atoms with E-state index in [-0.39, 0.29) is 0 Å². The number of fused-ring (bicyclic) bond motifs is 3. The molecule has 0 spiro atoms. The first-order valence-electron chi connectivity index (χ1n) is 7.59. The molecule has 0 saturated heterocycles. The van der Waals surface area contributed by atoms with Crippen LogP contribution in [0.3, 0.4) is 0 Å². The molecule has 22 heavy (non-hydrogen) atoms. The summed E-state index contributed by atoms with van der Waals surface area (Å²) in [5.74, 6) is -0.326. The summed E-state index contributed by atoms with van der Waals surface area (Å²) in [5, 5.41) is 11.5. The van der Waals surface area contributed by atoms with Crippen LogP contribution >= 0.6 is 0 Å². The Morgan fingerprint density at radius 1 is 1.18 bits per heavy atom. The number of carboxylic acids is 1. The van der Waals surface area contributed by atoms with Gasteiger partial charge in [0.05, 0.1) is 5.52 Å². The highest BCUT2D eigenvalue weighted by Crippen LogP contribution is 2.28. The number of carbonyl (C=O) groups is 1. The first-order chi connectivity index (χ1) is 10.7. The van der Waals surface area contributed by atoms with Gasteiger partial charge in [-0.05, 0) is 31.0 Å². The number of para-hydroxylation sites is 1. The normalized spacial score (nSPS) is 12.6. The summed E-state index contributed by atoms with van der Waals surface area (Å²) in [7, 11) is 0. The average Bonchev–Trinajstić information content (AvgIpc) is 2.88. The van der Waals surface area contributed by atoms with Crippen LogP contribution in [0.1, 0.15) is 26.2 Å². The summed E-state index contributed by atoms with van der Waals surface area (Å²) in [5.41, 5.74) is 2.02. The van der Waals surface area contributed by atoms with Crippen molar-refractivity contribution in [3.05, 3.63) is 42.5 Å². The van der Waals surface area contributed by atoms with Crippen molar-refractivity contribution in [1.29, 1.82) is 0 Å². The maximum absolute atomic E-state index is 11.3. The van der Waals surface area contributed by atoms with E-state index < -0.39 is 12.1 Å². The van der Waals surface area contributed by atoms with Gasteiger partial charge < -0.3 is 14.8 Å². The highest BCUT2D eigenvalue weighted by atomic mass is 16.5. The molecule has 2 aromatic carbocycles. The molecular formula is C18H19NO3. The fraction of sp³-hybridized carbons (Fsp3) is 0.278. The number of ether oxygens (including phenoxy) is 1. The third-order valence-electron chi connectivity index (χ3n) is 3.85. The van der Waals surface area contributed by atoms with Crippen LogP contribution < -0.4 is 4.74 Å². The lowest BCUT2D eigenvalue weighted by molar-refractivity contribution is -0.145. The molecule has 4 heteroatoms. The Hall–Kier alpha value is -2.49. The van der Waals surface area contributed by atoms with E-state index in [1.165, 1.54) is 0 Å². The minimum Gasteiger partial charge on any atom is -0.479 e.